The molecule has 1 saturated heterocycles. The Morgan fingerprint density at radius 3 is 2.54 bits per heavy atom. The molecule has 1 aromatic carbocycles. The Balaban J connectivity index is 1.68. The third-order valence-electron chi connectivity index (χ3n) is 3.86. The minimum atomic E-state index is -0.0850. The number of hydrogen-bond donors (Lipinski definition) is 0. The zero-order valence-corrected chi connectivity index (χ0v) is 13.6. The molecule has 0 N–H and O–H groups in total. The van der Waals surface area contributed by atoms with E-state index in [1.165, 1.54) is 0 Å². The van der Waals surface area contributed by atoms with Gasteiger partial charge in [-0.05, 0) is 12.1 Å². The maximum absolute atomic E-state index is 12.7. The molecule has 0 radical (unpaired) electrons. The van der Waals surface area contributed by atoms with Crippen LogP contribution in [0.3, 0.4) is 0 Å². The van der Waals surface area contributed by atoms with Crippen molar-refractivity contribution in [1.29, 1.82) is 0 Å². The number of carbonyl (C=O) groups is 1. The normalized spacial score (nSPS) is 16.8. The van der Waals surface area contributed by atoms with Crippen molar-refractivity contribution in [3.05, 3.63) is 42.4 Å². The van der Waals surface area contributed by atoms with Gasteiger partial charge in [-0.2, -0.15) is 0 Å². The fourth-order valence-corrected chi connectivity index (χ4v) is 2.64. The molecule has 1 aromatic heterocycles. The summed E-state index contributed by atoms with van der Waals surface area (Å²) < 4.78 is 16.2. The van der Waals surface area contributed by atoms with Crippen molar-refractivity contribution < 1.29 is 19.0 Å². The van der Waals surface area contributed by atoms with Gasteiger partial charge in [0, 0.05) is 37.0 Å². The van der Waals surface area contributed by atoms with Crippen molar-refractivity contribution in [1.82, 2.24) is 14.9 Å². The molecule has 1 fully saturated rings. The summed E-state index contributed by atoms with van der Waals surface area (Å²) in [7, 11) is 3.12. The second-order valence-corrected chi connectivity index (χ2v) is 5.42. The molecule has 7 heteroatoms. The molecule has 0 spiro atoms. The third-order valence-corrected chi connectivity index (χ3v) is 3.86. The van der Waals surface area contributed by atoms with Crippen molar-refractivity contribution in [3.63, 3.8) is 0 Å². The number of likely N-dealkylation sites (tertiary alicyclic amines) is 1. The number of methoxy groups -OCH3 is 2. The van der Waals surface area contributed by atoms with Crippen LogP contribution in [-0.2, 0) is 0 Å². The number of nitrogens with zero attached hydrogens (tertiary/aromatic N) is 3. The van der Waals surface area contributed by atoms with Crippen LogP contribution in [0.4, 0.5) is 0 Å². The third kappa shape index (κ3) is 3.56. The summed E-state index contributed by atoms with van der Waals surface area (Å²) in [6, 6.07) is 5.16. The quantitative estimate of drug-likeness (QED) is 0.832. The second-order valence-electron chi connectivity index (χ2n) is 5.42. The van der Waals surface area contributed by atoms with E-state index in [1.807, 2.05) is 0 Å². The van der Waals surface area contributed by atoms with E-state index in [2.05, 4.69) is 9.97 Å². The summed E-state index contributed by atoms with van der Waals surface area (Å²) in [4.78, 5) is 22.5. The highest BCUT2D eigenvalue weighted by Gasteiger charge is 2.29. The average Bonchev–Trinajstić information content (AvgIpc) is 3.09. The van der Waals surface area contributed by atoms with Gasteiger partial charge in [-0.3, -0.25) is 9.78 Å². The molecular weight excluding hydrogens is 310 g/mol. The molecule has 1 aliphatic rings. The number of carbonyl (C=O) groups excluding carboxylic acids is 1. The molecule has 2 heterocycles. The van der Waals surface area contributed by atoms with E-state index in [9.17, 15) is 4.79 Å². The minimum Gasteiger partial charge on any atom is -0.497 e. The standard InChI is InChI=1S/C17H19N3O4/c1-22-14-7-12(8-15(9-14)23-2)17(21)20-6-3-13(11-20)24-16-10-18-4-5-19-16/h4-5,7-10,13H,3,6,11H2,1-2H3. The molecule has 0 aliphatic carbocycles. The Labute approximate surface area is 140 Å². The van der Waals surface area contributed by atoms with Gasteiger partial charge in [0.1, 0.15) is 17.6 Å². The lowest BCUT2D eigenvalue weighted by atomic mass is 10.1. The van der Waals surface area contributed by atoms with Gasteiger partial charge in [0.25, 0.3) is 5.91 Å². The molecule has 0 saturated carbocycles. The van der Waals surface area contributed by atoms with Gasteiger partial charge in [-0.15, -0.1) is 0 Å². The van der Waals surface area contributed by atoms with E-state index in [1.54, 1.807) is 55.9 Å². The average molecular weight is 329 g/mol. The zero-order valence-electron chi connectivity index (χ0n) is 13.6. The molecule has 3 rings (SSSR count). The number of ether oxygens (including phenoxy) is 3. The van der Waals surface area contributed by atoms with E-state index in [4.69, 9.17) is 14.2 Å². The molecule has 1 atom stereocenters. The lowest BCUT2D eigenvalue weighted by Crippen LogP contribution is -2.31. The highest BCUT2D eigenvalue weighted by molar-refractivity contribution is 5.95. The molecule has 24 heavy (non-hydrogen) atoms. The van der Waals surface area contributed by atoms with Gasteiger partial charge in [0.15, 0.2) is 0 Å². The van der Waals surface area contributed by atoms with Gasteiger partial charge in [-0.1, -0.05) is 0 Å². The van der Waals surface area contributed by atoms with Gasteiger partial charge in [-0.25, -0.2) is 4.98 Å². The van der Waals surface area contributed by atoms with Crippen LogP contribution in [-0.4, -0.2) is 54.2 Å². The fourth-order valence-electron chi connectivity index (χ4n) is 2.64. The second kappa shape index (κ2) is 7.16. The van der Waals surface area contributed by atoms with Crippen LogP contribution in [0, 0.1) is 0 Å². The molecule has 1 amide bonds. The van der Waals surface area contributed by atoms with E-state index in [0.29, 0.717) is 36.0 Å². The predicted molar refractivity (Wildman–Crippen MR) is 86.5 cm³/mol. The molecule has 2 aromatic rings. The molecule has 126 valence electrons. The van der Waals surface area contributed by atoms with Crippen molar-refractivity contribution in [2.24, 2.45) is 0 Å². The first-order valence-corrected chi connectivity index (χ1v) is 7.64. The van der Waals surface area contributed by atoms with Gasteiger partial charge in [0.05, 0.1) is 27.0 Å². The first kappa shape index (κ1) is 16.0. The largest absolute Gasteiger partial charge is 0.497 e. The number of amides is 1. The van der Waals surface area contributed by atoms with Crippen LogP contribution < -0.4 is 14.2 Å². The maximum atomic E-state index is 12.7. The van der Waals surface area contributed by atoms with E-state index < -0.39 is 0 Å². The van der Waals surface area contributed by atoms with Crippen molar-refractivity contribution in [2.45, 2.75) is 12.5 Å². The summed E-state index contributed by atoms with van der Waals surface area (Å²) in [5, 5.41) is 0. The minimum absolute atomic E-state index is 0.0718. The molecule has 0 bridgehead atoms. The summed E-state index contributed by atoms with van der Waals surface area (Å²) in [5.41, 5.74) is 0.534. The summed E-state index contributed by atoms with van der Waals surface area (Å²) in [6.45, 7) is 1.14. The number of hydrogen-bond acceptors (Lipinski definition) is 6. The van der Waals surface area contributed by atoms with Crippen LogP contribution in [0.15, 0.2) is 36.8 Å². The Hall–Kier alpha value is -2.83. The summed E-state index contributed by atoms with van der Waals surface area (Å²) in [5.74, 6) is 1.57. The van der Waals surface area contributed by atoms with Crippen LogP contribution in [0.2, 0.25) is 0 Å². The lowest BCUT2D eigenvalue weighted by molar-refractivity contribution is 0.0770. The zero-order chi connectivity index (χ0) is 16.9. The number of rotatable bonds is 5. The molecular formula is C17H19N3O4. The molecule has 1 aliphatic heterocycles. The Bertz CT molecular complexity index is 686. The van der Waals surface area contributed by atoms with Crippen molar-refractivity contribution in [2.75, 3.05) is 27.3 Å². The number of aromatic nitrogens is 2. The predicted octanol–water partition coefficient (Wildman–Crippen LogP) is 1.79. The first-order chi connectivity index (χ1) is 11.7. The van der Waals surface area contributed by atoms with Crippen molar-refractivity contribution in [3.8, 4) is 17.4 Å². The Morgan fingerprint density at radius 1 is 1.17 bits per heavy atom. The highest BCUT2D eigenvalue weighted by atomic mass is 16.5. The van der Waals surface area contributed by atoms with E-state index in [0.717, 1.165) is 6.42 Å². The van der Waals surface area contributed by atoms with Crippen molar-refractivity contribution >= 4 is 5.91 Å². The summed E-state index contributed by atoms with van der Waals surface area (Å²) >= 11 is 0. The smallest absolute Gasteiger partial charge is 0.254 e. The monoisotopic (exact) mass is 329 g/mol. The van der Waals surface area contributed by atoms with E-state index in [-0.39, 0.29) is 12.0 Å². The van der Waals surface area contributed by atoms with Gasteiger partial charge < -0.3 is 19.1 Å². The lowest BCUT2D eigenvalue weighted by Gasteiger charge is -2.18. The van der Waals surface area contributed by atoms with Crippen LogP contribution in [0.25, 0.3) is 0 Å². The van der Waals surface area contributed by atoms with Crippen LogP contribution in [0.5, 0.6) is 17.4 Å². The first-order valence-electron chi connectivity index (χ1n) is 7.64. The van der Waals surface area contributed by atoms with Gasteiger partial charge >= 0.3 is 0 Å². The van der Waals surface area contributed by atoms with Crippen LogP contribution in [0.1, 0.15) is 16.8 Å². The molecule has 1 unspecified atom stereocenters. The van der Waals surface area contributed by atoms with E-state index >= 15 is 0 Å². The summed E-state index contributed by atoms with van der Waals surface area (Å²) in [6.07, 6.45) is 5.41. The SMILES string of the molecule is COc1cc(OC)cc(C(=O)N2CCC(Oc3cnccn3)C2)c1. The van der Waals surface area contributed by atoms with Gasteiger partial charge in [0.2, 0.25) is 5.88 Å². The molecule has 7 nitrogen and oxygen atoms in total. The maximum Gasteiger partial charge on any atom is 0.254 e. The number of benzene rings is 1. The topological polar surface area (TPSA) is 73.8 Å². The Kier molecular flexibility index (Phi) is 4.79. The fraction of sp³-hybridized carbons (Fsp3) is 0.353. The van der Waals surface area contributed by atoms with Crippen LogP contribution >= 0.6 is 0 Å². The highest BCUT2D eigenvalue weighted by Crippen LogP contribution is 2.25. The Morgan fingerprint density at radius 2 is 1.92 bits per heavy atom.